The second-order valence-electron chi connectivity index (χ2n) is 7.94. The van der Waals surface area contributed by atoms with E-state index >= 15 is 0 Å². The lowest BCUT2D eigenvalue weighted by molar-refractivity contribution is -0.148. The fourth-order valence-corrected chi connectivity index (χ4v) is 12.2. The van der Waals surface area contributed by atoms with Crippen molar-refractivity contribution in [1.82, 2.24) is 0 Å². The Balaban J connectivity index is 1.90. The van der Waals surface area contributed by atoms with Gasteiger partial charge in [-0.2, -0.15) is 0 Å². The van der Waals surface area contributed by atoms with Crippen molar-refractivity contribution in [2.45, 2.75) is 103 Å². The Labute approximate surface area is 198 Å². The van der Waals surface area contributed by atoms with Gasteiger partial charge < -0.3 is 14.0 Å². The third-order valence-electron chi connectivity index (χ3n) is 5.25. The van der Waals surface area contributed by atoms with E-state index in [1.807, 2.05) is 0 Å². The number of unbranched alkanes of at least 4 members (excludes halogenated alkanes) is 12. The van der Waals surface area contributed by atoms with Crippen LogP contribution in [-0.2, 0) is 30.6 Å². The first-order valence-electron chi connectivity index (χ1n) is 11.8. The molecule has 0 saturated carbocycles. The van der Waals surface area contributed by atoms with Crippen LogP contribution in [0.4, 0.5) is 0 Å². The van der Waals surface area contributed by atoms with E-state index in [0.717, 1.165) is 24.3 Å². The van der Waals surface area contributed by atoms with Gasteiger partial charge in [-0.1, -0.05) is 107 Å². The van der Waals surface area contributed by atoms with E-state index in [-0.39, 0.29) is 18.7 Å². The van der Waals surface area contributed by atoms with Gasteiger partial charge in [0.05, 0.1) is 6.61 Å². The molecule has 1 heterocycles. The molecule has 0 amide bonds. The number of hydrogen-bond acceptors (Lipinski definition) is 7. The summed E-state index contributed by atoms with van der Waals surface area (Å²) < 4.78 is 14.9. The second kappa shape index (κ2) is 19.2. The Kier molecular flexibility index (Phi) is 18.4. The minimum absolute atomic E-state index is 0.132. The molecule has 4 nitrogen and oxygen atoms in total. The summed E-state index contributed by atoms with van der Waals surface area (Å²) in [7, 11) is 1.62. The van der Waals surface area contributed by atoms with Crippen LogP contribution in [0.5, 0.6) is 0 Å². The van der Waals surface area contributed by atoms with E-state index in [1.54, 1.807) is 29.9 Å². The van der Waals surface area contributed by atoms with Crippen LogP contribution in [-0.4, -0.2) is 43.9 Å². The molecule has 1 unspecified atom stereocenters. The van der Waals surface area contributed by atoms with Crippen molar-refractivity contribution in [1.29, 1.82) is 0 Å². The quantitative estimate of drug-likeness (QED) is 0.0966. The lowest BCUT2D eigenvalue weighted by Crippen LogP contribution is -2.25. The Morgan fingerprint density at radius 2 is 1.37 bits per heavy atom. The molecule has 1 atom stereocenters. The van der Waals surface area contributed by atoms with Gasteiger partial charge in [0.15, 0.2) is 4.67 Å². The summed E-state index contributed by atoms with van der Waals surface area (Å²) in [5.74, 6) is 1.99. The van der Waals surface area contributed by atoms with Crippen molar-refractivity contribution in [2.24, 2.45) is 0 Å². The van der Waals surface area contributed by atoms with Crippen LogP contribution in [0.2, 0.25) is 0 Å². The minimum Gasteiger partial charge on any atom is -0.463 e. The molecule has 1 fully saturated rings. The third-order valence-corrected chi connectivity index (χ3v) is 15.1. The Hall–Kier alpha value is 0.740. The lowest BCUT2D eigenvalue weighted by atomic mass is 10.0. The van der Waals surface area contributed by atoms with Gasteiger partial charge in [-0.15, -0.1) is 0 Å². The maximum absolute atomic E-state index is 11.9. The molecule has 1 saturated heterocycles. The summed E-state index contributed by atoms with van der Waals surface area (Å²) in [5, 5.41) is 0. The number of hydrogen-bond donors (Lipinski definition) is 0. The molecule has 8 heteroatoms. The highest BCUT2D eigenvalue weighted by molar-refractivity contribution is 9.00. The highest BCUT2D eigenvalue weighted by Crippen LogP contribution is 2.74. The summed E-state index contributed by atoms with van der Waals surface area (Å²) in [6.07, 6.45) is 17.2. The zero-order chi connectivity index (χ0) is 21.9. The van der Waals surface area contributed by atoms with Crippen LogP contribution in [0.25, 0.3) is 0 Å². The first-order valence-corrected chi connectivity index (χ1v) is 17.7. The summed E-state index contributed by atoms with van der Waals surface area (Å²) in [5.41, 5.74) is 0. The fourth-order valence-electron chi connectivity index (χ4n) is 3.31. The zero-order valence-corrected chi connectivity index (χ0v) is 22.5. The normalized spacial score (nSPS) is 16.6. The zero-order valence-electron chi connectivity index (χ0n) is 19.1. The van der Waals surface area contributed by atoms with Crippen LogP contribution in [0.15, 0.2) is 0 Å². The second-order valence-corrected chi connectivity index (χ2v) is 18.7. The van der Waals surface area contributed by atoms with E-state index in [1.165, 1.54) is 70.6 Å². The van der Waals surface area contributed by atoms with E-state index in [4.69, 9.17) is 25.8 Å². The molecule has 0 spiro atoms. The maximum Gasteiger partial charge on any atom is 0.305 e. The molecule has 0 aromatic carbocycles. The molecule has 1 aliphatic rings. The van der Waals surface area contributed by atoms with Gasteiger partial charge >= 0.3 is 5.97 Å². The van der Waals surface area contributed by atoms with Gasteiger partial charge in [-0.3, -0.25) is 4.79 Å². The standard InChI is InChI=1S/C22H43O4PS3/c1-3-4-5-6-7-8-9-10-11-12-13-14-15-16-22(23)25-19-21(24-2)20-26-27(28)29-17-18-30-27/h21H,3-20H2,1-2H3. The largest absolute Gasteiger partial charge is 0.463 e. The fraction of sp³-hybridized carbons (Fsp3) is 0.955. The SMILES string of the molecule is CCCCCCCCCCCCCCCC(=O)OCC(COP1(=S)SCCS1)OC. The molecule has 178 valence electrons. The van der Waals surface area contributed by atoms with E-state index in [0.29, 0.717) is 13.0 Å². The molecule has 0 aliphatic carbocycles. The van der Waals surface area contributed by atoms with E-state index in [2.05, 4.69) is 6.92 Å². The van der Waals surface area contributed by atoms with Crippen molar-refractivity contribution in [2.75, 3.05) is 31.8 Å². The average Bonchev–Trinajstić information content (AvgIpc) is 3.18. The molecule has 0 N–H and O–H groups in total. The van der Waals surface area contributed by atoms with Crippen molar-refractivity contribution < 1.29 is 18.8 Å². The van der Waals surface area contributed by atoms with Crippen molar-refractivity contribution in [3.8, 4) is 0 Å². The van der Waals surface area contributed by atoms with Crippen LogP contribution in [0.3, 0.4) is 0 Å². The number of ether oxygens (including phenoxy) is 2. The molecular weight excluding hydrogens is 455 g/mol. The molecule has 30 heavy (non-hydrogen) atoms. The van der Waals surface area contributed by atoms with Crippen LogP contribution in [0, 0.1) is 0 Å². The topological polar surface area (TPSA) is 44.8 Å². The Morgan fingerprint density at radius 1 is 0.867 bits per heavy atom. The number of esters is 1. The van der Waals surface area contributed by atoms with E-state index < -0.39 is 4.67 Å². The summed E-state index contributed by atoms with van der Waals surface area (Å²) in [4.78, 5) is 11.9. The van der Waals surface area contributed by atoms with Gasteiger partial charge in [0.2, 0.25) is 0 Å². The predicted octanol–water partition coefficient (Wildman–Crippen LogP) is 7.75. The van der Waals surface area contributed by atoms with Gasteiger partial charge in [-0.05, 0) is 18.2 Å². The minimum atomic E-state index is -1.78. The summed E-state index contributed by atoms with van der Waals surface area (Å²) >= 11 is 9.06. The van der Waals surface area contributed by atoms with Crippen molar-refractivity contribution in [3.63, 3.8) is 0 Å². The molecule has 0 bridgehead atoms. The lowest BCUT2D eigenvalue weighted by Gasteiger charge is -2.19. The summed E-state index contributed by atoms with van der Waals surface area (Å²) in [6.45, 7) is 2.92. The smallest absolute Gasteiger partial charge is 0.305 e. The molecule has 0 aromatic heterocycles. The number of carbonyl (C=O) groups is 1. The van der Waals surface area contributed by atoms with Crippen LogP contribution >= 0.6 is 27.4 Å². The number of carbonyl (C=O) groups excluding carboxylic acids is 1. The first kappa shape index (κ1) is 28.8. The van der Waals surface area contributed by atoms with Crippen molar-refractivity contribution >= 4 is 45.2 Å². The number of rotatable bonds is 20. The Morgan fingerprint density at radius 3 is 1.87 bits per heavy atom. The van der Waals surface area contributed by atoms with E-state index in [9.17, 15) is 4.79 Å². The maximum atomic E-state index is 11.9. The highest BCUT2D eigenvalue weighted by Gasteiger charge is 2.26. The average molecular weight is 499 g/mol. The highest BCUT2D eigenvalue weighted by atomic mass is 33.2. The molecular formula is C22H43O4PS3. The predicted molar refractivity (Wildman–Crippen MR) is 137 cm³/mol. The molecule has 0 radical (unpaired) electrons. The van der Waals surface area contributed by atoms with Gasteiger partial charge in [0.1, 0.15) is 12.7 Å². The molecule has 1 rings (SSSR count). The molecule has 0 aromatic rings. The first-order chi connectivity index (χ1) is 14.6. The monoisotopic (exact) mass is 498 g/mol. The number of methoxy groups -OCH3 is 1. The van der Waals surface area contributed by atoms with Gasteiger partial charge in [-0.25, -0.2) is 0 Å². The molecule has 1 aliphatic heterocycles. The van der Waals surface area contributed by atoms with Gasteiger partial charge in [0, 0.05) is 25.0 Å². The summed E-state index contributed by atoms with van der Waals surface area (Å²) in [6, 6.07) is 0. The Bertz CT molecular complexity index is 469. The van der Waals surface area contributed by atoms with Crippen LogP contribution < -0.4 is 0 Å². The van der Waals surface area contributed by atoms with Gasteiger partial charge in [0.25, 0.3) is 0 Å². The van der Waals surface area contributed by atoms with Crippen LogP contribution in [0.1, 0.15) is 96.8 Å². The third kappa shape index (κ3) is 15.5. The van der Waals surface area contributed by atoms with Crippen molar-refractivity contribution in [3.05, 3.63) is 0 Å².